The molecule has 1 N–H and O–H groups in total. The Bertz CT molecular complexity index is 1310. The molecule has 0 spiro atoms. The maximum Gasteiger partial charge on any atom is 0.335 e. The van der Waals surface area contributed by atoms with E-state index < -0.39 is 5.97 Å². The van der Waals surface area contributed by atoms with Gasteiger partial charge in [-0.05, 0) is 74.4 Å². The summed E-state index contributed by atoms with van der Waals surface area (Å²) in [7, 11) is 0. The van der Waals surface area contributed by atoms with Crippen molar-refractivity contribution in [1.29, 1.82) is 0 Å². The number of aromatic nitrogens is 1. The van der Waals surface area contributed by atoms with E-state index in [9.17, 15) is 9.90 Å². The number of alkyl halides is 1. The van der Waals surface area contributed by atoms with Crippen molar-refractivity contribution in [2.24, 2.45) is 5.92 Å². The Morgan fingerprint density at radius 3 is 2.51 bits per heavy atom. The second-order valence-corrected chi connectivity index (χ2v) is 12.2. The van der Waals surface area contributed by atoms with Crippen molar-refractivity contribution >= 4 is 45.2 Å². The number of fused-ring (bicyclic) bond motifs is 5. The number of likely N-dealkylation sites (tertiary alicyclic amines) is 1. The van der Waals surface area contributed by atoms with Crippen molar-refractivity contribution in [3.8, 4) is 11.3 Å². The first-order valence-electron chi connectivity index (χ1n) is 14.7. The Balaban J connectivity index is 1.32. The van der Waals surface area contributed by atoms with Crippen molar-refractivity contribution in [1.82, 2.24) is 9.47 Å². The lowest BCUT2D eigenvalue weighted by molar-refractivity contribution is 0.0697. The van der Waals surface area contributed by atoms with Crippen LogP contribution < -0.4 is 4.90 Å². The average molecular weight is 642 g/mol. The van der Waals surface area contributed by atoms with E-state index in [1.807, 2.05) is 6.07 Å². The van der Waals surface area contributed by atoms with Crippen LogP contribution in [-0.4, -0.2) is 64.5 Å². The van der Waals surface area contributed by atoms with E-state index in [-0.39, 0.29) is 0 Å². The molecule has 0 radical (unpaired) electrons. The highest BCUT2D eigenvalue weighted by molar-refractivity contribution is 14.1. The van der Waals surface area contributed by atoms with Crippen LogP contribution >= 0.6 is 22.6 Å². The number of anilines is 1. The molecule has 3 heterocycles. The largest absolute Gasteiger partial charge is 0.478 e. The number of para-hydroxylation sites is 1. The molecule has 0 amide bonds. The van der Waals surface area contributed by atoms with Gasteiger partial charge in [0.05, 0.1) is 22.5 Å². The number of carboxylic acids is 1. The third-order valence-corrected chi connectivity index (χ3v) is 9.72. The van der Waals surface area contributed by atoms with E-state index >= 15 is 0 Å². The molecule has 39 heavy (non-hydrogen) atoms. The molecule has 2 aromatic carbocycles. The van der Waals surface area contributed by atoms with Gasteiger partial charge in [-0.15, -0.1) is 0 Å². The molecular formula is C32H40IN3O3. The van der Waals surface area contributed by atoms with E-state index in [1.54, 1.807) is 6.07 Å². The number of benzene rings is 2. The third-order valence-electron chi connectivity index (χ3n) is 9.28. The highest BCUT2D eigenvalue weighted by Crippen LogP contribution is 2.47. The van der Waals surface area contributed by atoms with Crippen LogP contribution in [0.2, 0.25) is 0 Å². The fourth-order valence-electron chi connectivity index (χ4n) is 7.21. The molecule has 3 aromatic rings. The number of aromatic carboxylic acids is 1. The molecule has 2 aliphatic heterocycles. The van der Waals surface area contributed by atoms with Crippen molar-refractivity contribution in [3.63, 3.8) is 0 Å². The maximum atomic E-state index is 11.9. The van der Waals surface area contributed by atoms with Gasteiger partial charge in [0, 0.05) is 48.3 Å². The predicted molar refractivity (Wildman–Crippen MR) is 166 cm³/mol. The number of ether oxygens (including phenoxy) is 1. The van der Waals surface area contributed by atoms with Gasteiger partial charge in [-0.3, -0.25) is 0 Å². The molecule has 1 aromatic heterocycles. The molecule has 7 heteroatoms. The number of carbonyl (C=O) groups is 1. The molecule has 1 aliphatic carbocycles. The van der Waals surface area contributed by atoms with Gasteiger partial charge >= 0.3 is 5.97 Å². The lowest BCUT2D eigenvalue weighted by Gasteiger charge is -2.34. The number of carboxylic acid groups (broad SMARTS) is 1. The first-order chi connectivity index (χ1) is 19.1. The molecule has 6 rings (SSSR count). The van der Waals surface area contributed by atoms with E-state index in [4.69, 9.17) is 4.74 Å². The van der Waals surface area contributed by atoms with Gasteiger partial charge in [0.1, 0.15) is 0 Å². The van der Waals surface area contributed by atoms with E-state index in [1.165, 1.54) is 72.8 Å². The molecule has 1 saturated heterocycles. The number of hydrogen-bond donors (Lipinski definition) is 1. The van der Waals surface area contributed by atoms with Gasteiger partial charge in [-0.25, -0.2) is 4.79 Å². The van der Waals surface area contributed by atoms with Crippen LogP contribution in [0.1, 0.15) is 66.8 Å². The summed E-state index contributed by atoms with van der Waals surface area (Å²) >= 11 is 2.29. The molecular weight excluding hydrogens is 601 g/mol. The zero-order chi connectivity index (χ0) is 26.8. The second kappa shape index (κ2) is 12.2. The number of rotatable bonds is 8. The lowest BCUT2D eigenvalue weighted by Crippen LogP contribution is -2.41. The van der Waals surface area contributed by atoms with Crippen LogP contribution in [0.5, 0.6) is 0 Å². The first kappa shape index (κ1) is 27.1. The number of piperidine rings is 1. The van der Waals surface area contributed by atoms with Gasteiger partial charge < -0.3 is 24.2 Å². The van der Waals surface area contributed by atoms with Crippen LogP contribution in [-0.2, 0) is 11.3 Å². The fourth-order valence-corrected chi connectivity index (χ4v) is 7.46. The lowest BCUT2D eigenvalue weighted by atomic mass is 9.81. The first-order valence-corrected chi connectivity index (χ1v) is 16.3. The number of hydrogen-bond acceptors (Lipinski definition) is 4. The summed E-state index contributed by atoms with van der Waals surface area (Å²) in [5, 5.41) is 11.0. The van der Waals surface area contributed by atoms with Gasteiger partial charge in [0.25, 0.3) is 0 Å². The molecule has 3 aliphatic rings. The zero-order valence-corrected chi connectivity index (χ0v) is 24.9. The van der Waals surface area contributed by atoms with Gasteiger partial charge in [-0.1, -0.05) is 66.1 Å². The maximum absolute atomic E-state index is 11.9. The topological polar surface area (TPSA) is 57.9 Å². The minimum absolute atomic E-state index is 0.375. The quantitative estimate of drug-likeness (QED) is 0.212. The standard InChI is InChI=1S/C32H40IN3O3/c33-22-39-21-23-12-14-34(15-13-23)16-17-35-18-19-36-29-20-25(32(37)38)10-11-26(29)30(24-6-2-1-3-7-24)31(36)27-8-4-5-9-28(27)35/h4-5,8-11,20,23-24H,1-3,6-7,12-19,21-22H2,(H,37,38). The van der Waals surface area contributed by atoms with Crippen molar-refractivity contribution in [2.45, 2.75) is 57.4 Å². The summed E-state index contributed by atoms with van der Waals surface area (Å²) in [5.41, 5.74) is 6.86. The van der Waals surface area contributed by atoms with Crippen molar-refractivity contribution < 1.29 is 14.6 Å². The Morgan fingerprint density at radius 2 is 1.74 bits per heavy atom. The SMILES string of the molecule is O=C(O)c1ccc2c(C3CCCCC3)c3n(c2c1)CCN(CCN1CCC(COCI)CC1)c1ccccc1-3. The second-order valence-electron chi connectivity index (χ2n) is 11.6. The minimum Gasteiger partial charge on any atom is -0.478 e. The zero-order valence-electron chi connectivity index (χ0n) is 22.8. The third kappa shape index (κ3) is 5.59. The minimum atomic E-state index is -0.855. The van der Waals surface area contributed by atoms with E-state index in [0.29, 0.717) is 17.4 Å². The molecule has 1 saturated carbocycles. The van der Waals surface area contributed by atoms with Crippen molar-refractivity contribution in [2.75, 3.05) is 48.8 Å². The monoisotopic (exact) mass is 641 g/mol. The summed E-state index contributed by atoms with van der Waals surface area (Å²) in [5.74, 6) is 0.375. The van der Waals surface area contributed by atoms with E-state index in [2.05, 4.69) is 67.3 Å². The Kier molecular flexibility index (Phi) is 8.46. The summed E-state index contributed by atoms with van der Waals surface area (Å²) in [4.78, 5) is 17.1. The highest BCUT2D eigenvalue weighted by Gasteiger charge is 2.31. The summed E-state index contributed by atoms with van der Waals surface area (Å²) < 4.78 is 8.90. The Morgan fingerprint density at radius 1 is 0.949 bits per heavy atom. The molecule has 208 valence electrons. The molecule has 0 atom stereocenters. The van der Waals surface area contributed by atoms with Gasteiger partial charge in [0.15, 0.2) is 0 Å². The molecule has 0 bridgehead atoms. The summed E-state index contributed by atoms with van der Waals surface area (Å²) in [6, 6.07) is 14.7. The number of halogens is 1. The van der Waals surface area contributed by atoms with Crippen LogP contribution in [0, 0.1) is 5.92 Å². The molecule has 6 nitrogen and oxygen atoms in total. The molecule has 2 fully saturated rings. The normalized spacial score (nSPS) is 19.2. The highest BCUT2D eigenvalue weighted by atomic mass is 127. The Hall–Kier alpha value is -2.10. The summed E-state index contributed by atoms with van der Waals surface area (Å²) in [6.07, 6.45) is 8.76. The van der Waals surface area contributed by atoms with Crippen LogP contribution in [0.15, 0.2) is 42.5 Å². The van der Waals surface area contributed by atoms with Gasteiger partial charge in [-0.2, -0.15) is 0 Å². The van der Waals surface area contributed by atoms with Crippen LogP contribution in [0.25, 0.3) is 22.2 Å². The average Bonchev–Trinajstić information content (AvgIpc) is 3.21. The number of nitrogens with zero attached hydrogens (tertiary/aromatic N) is 3. The van der Waals surface area contributed by atoms with Crippen molar-refractivity contribution in [3.05, 3.63) is 53.6 Å². The van der Waals surface area contributed by atoms with Crippen LogP contribution in [0.4, 0.5) is 5.69 Å². The molecule has 0 unspecified atom stereocenters. The fraction of sp³-hybridized carbons (Fsp3) is 0.531. The van der Waals surface area contributed by atoms with Crippen LogP contribution in [0.3, 0.4) is 0 Å². The summed E-state index contributed by atoms with van der Waals surface area (Å²) in [6.45, 7) is 7.07. The van der Waals surface area contributed by atoms with Gasteiger partial charge in [0.2, 0.25) is 0 Å². The Labute approximate surface area is 245 Å². The smallest absolute Gasteiger partial charge is 0.335 e. The van der Waals surface area contributed by atoms with E-state index in [0.717, 1.165) is 56.0 Å². The predicted octanol–water partition coefficient (Wildman–Crippen LogP) is 7.00.